The van der Waals surface area contributed by atoms with E-state index < -0.39 is 16.0 Å². The molecule has 2 rings (SSSR count). The lowest BCUT2D eigenvalue weighted by molar-refractivity contribution is 0.0692. The lowest BCUT2D eigenvalue weighted by Gasteiger charge is -2.27. The van der Waals surface area contributed by atoms with E-state index >= 15 is 0 Å². The fraction of sp³-hybridized carbons (Fsp3) is 0.500. The van der Waals surface area contributed by atoms with Crippen molar-refractivity contribution in [3.05, 3.63) is 23.8 Å². The van der Waals surface area contributed by atoms with Gasteiger partial charge in [-0.2, -0.15) is 4.31 Å². The Bertz CT molecular complexity index is 655. The number of carboxylic acid groups (broad SMARTS) is 1. The van der Waals surface area contributed by atoms with Crippen molar-refractivity contribution >= 4 is 21.7 Å². The molecule has 21 heavy (non-hydrogen) atoms. The summed E-state index contributed by atoms with van der Waals surface area (Å²) in [5.41, 5.74) is 5.52. The SMILES string of the molecule is CC(C)C1CCCN1S(=O)(=O)c1ccc(N)cc1C(=O)O. The summed E-state index contributed by atoms with van der Waals surface area (Å²) in [5.74, 6) is -1.11. The second kappa shape index (κ2) is 5.65. The first-order valence-corrected chi connectivity index (χ1v) is 8.34. The van der Waals surface area contributed by atoms with Crippen LogP contribution in [0.4, 0.5) is 5.69 Å². The molecule has 1 atom stereocenters. The maximum absolute atomic E-state index is 12.8. The fourth-order valence-corrected chi connectivity index (χ4v) is 4.79. The second-order valence-electron chi connectivity index (χ2n) is 5.63. The molecule has 1 aromatic carbocycles. The summed E-state index contributed by atoms with van der Waals surface area (Å²) < 4.78 is 27.0. The highest BCUT2D eigenvalue weighted by molar-refractivity contribution is 7.89. The van der Waals surface area contributed by atoms with Crippen LogP contribution in [0.5, 0.6) is 0 Å². The molecule has 0 radical (unpaired) electrons. The van der Waals surface area contributed by atoms with Gasteiger partial charge in [-0.3, -0.25) is 0 Å². The van der Waals surface area contributed by atoms with E-state index in [-0.39, 0.29) is 28.1 Å². The van der Waals surface area contributed by atoms with Gasteiger partial charge in [0.2, 0.25) is 10.0 Å². The minimum Gasteiger partial charge on any atom is -0.478 e. The molecule has 0 aromatic heterocycles. The van der Waals surface area contributed by atoms with Crippen LogP contribution in [0.1, 0.15) is 37.0 Å². The van der Waals surface area contributed by atoms with Crippen molar-refractivity contribution in [2.24, 2.45) is 5.92 Å². The van der Waals surface area contributed by atoms with Crippen molar-refractivity contribution in [3.63, 3.8) is 0 Å². The Morgan fingerprint density at radius 2 is 2.10 bits per heavy atom. The molecule has 7 heteroatoms. The molecule has 1 heterocycles. The molecular weight excluding hydrogens is 292 g/mol. The molecule has 0 spiro atoms. The topological polar surface area (TPSA) is 101 Å². The average Bonchev–Trinajstić information content (AvgIpc) is 2.88. The molecule has 0 bridgehead atoms. The third kappa shape index (κ3) is 2.89. The second-order valence-corrected chi connectivity index (χ2v) is 7.49. The first kappa shape index (κ1) is 15.8. The zero-order chi connectivity index (χ0) is 15.8. The van der Waals surface area contributed by atoms with Crippen molar-refractivity contribution in [1.82, 2.24) is 4.31 Å². The van der Waals surface area contributed by atoms with E-state index in [1.54, 1.807) is 0 Å². The van der Waals surface area contributed by atoms with E-state index in [9.17, 15) is 18.3 Å². The molecule has 3 N–H and O–H groups in total. The Labute approximate surface area is 124 Å². The van der Waals surface area contributed by atoms with Gasteiger partial charge in [-0.15, -0.1) is 0 Å². The van der Waals surface area contributed by atoms with Gasteiger partial charge in [-0.25, -0.2) is 13.2 Å². The third-order valence-corrected chi connectivity index (χ3v) is 5.82. The van der Waals surface area contributed by atoms with Crippen LogP contribution in [0.25, 0.3) is 0 Å². The lowest BCUT2D eigenvalue weighted by Crippen LogP contribution is -2.39. The molecule has 6 nitrogen and oxygen atoms in total. The van der Waals surface area contributed by atoms with Gasteiger partial charge < -0.3 is 10.8 Å². The summed E-state index contributed by atoms with van der Waals surface area (Å²) in [5, 5.41) is 9.23. The minimum atomic E-state index is -3.83. The Morgan fingerprint density at radius 1 is 1.43 bits per heavy atom. The largest absolute Gasteiger partial charge is 0.478 e. The van der Waals surface area contributed by atoms with Gasteiger partial charge in [0.15, 0.2) is 0 Å². The molecule has 0 amide bonds. The third-order valence-electron chi connectivity index (χ3n) is 3.84. The van der Waals surface area contributed by atoms with Gasteiger partial charge in [-0.1, -0.05) is 13.8 Å². The van der Waals surface area contributed by atoms with E-state index in [0.29, 0.717) is 6.54 Å². The number of carboxylic acids is 1. The zero-order valence-electron chi connectivity index (χ0n) is 12.1. The summed E-state index contributed by atoms with van der Waals surface area (Å²) in [4.78, 5) is 11.1. The predicted molar refractivity (Wildman–Crippen MR) is 79.6 cm³/mol. The van der Waals surface area contributed by atoms with E-state index in [1.165, 1.54) is 22.5 Å². The maximum Gasteiger partial charge on any atom is 0.337 e. The first-order chi connectivity index (χ1) is 9.75. The van der Waals surface area contributed by atoms with Gasteiger partial charge in [0.25, 0.3) is 0 Å². The smallest absolute Gasteiger partial charge is 0.337 e. The van der Waals surface area contributed by atoms with Gasteiger partial charge in [0.05, 0.1) is 10.5 Å². The number of nitrogens with two attached hydrogens (primary N) is 1. The number of sulfonamides is 1. The maximum atomic E-state index is 12.8. The number of nitrogens with zero attached hydrogens (tertiary/aromatic N) is 1. The molecule has 0 aliphatic carbocycles. The standard InChI is InChI=1S/C14H20N2O4S/c1-9(2)12-4-3-7-16(12)21(19,20)13-6-5-10(15)8-11(13)14(17)18/h5-6,8-9,12H,3-4,7,15H2,1-2H3,(H,17,18). The van der Waals surface area contributed by atoms with E-state index in [0.717, 1.165) is 12.8 Å². The number of carbonyl (C=O) groups is 1. The van der Waals surface area contributed by atoms with Gasteiger partial charge >= 0.3 is 5.97 Å². The van der Waals surface area contributed by atoms with Crippen molar-refractivity contribution in [3.8, 4) is 0 Å². The highest BCUT2D eigenvalue weighted by atomic mass is 32.2. The number of benzene rings is 1. The number of anilines is 1. The van der Waals surface area contributed by atoms with Crippen LogP contribution in [0.3, 0.4) is 0 Å². The molecule has 1 aliphatic heterocycles. The lowest BCUT2D eigenvalue weighted by atomic mass is 10.0. The van der Waals surface area contributed by atoms with Gasteiger partial charge in [-0.05, 0) is 37.0 Å². The Hall–Kier alpha value is -1.60. The monoisotopic (exact) mass is 312 g/mol. The summed E-state index contributed by atoms with van der Waals surface area (Å²) in [7, 11) is -3.83. The van der Waals surface area contributed by atoms with Crippen molar-refractivity contribution in [2.45, 2.75) is 37.6 Å². The van der Waals surface area contributed by atoms with Crippen LogP contribution < -0.4 is 5.73 Å². The Balaban J connectivity index is 2.52. The average molecular weight is 312 g/mol. The molecule has 0 saturated carbocycles. The van der Waals surface area contributed by atoms with Crippen LogP contribution in [-0.2, 0) is 10.0 Å². The highest BCUT2D eigenvalue weighted by Crippen LogP contribution is 2.32. The summed E-state index contributed by atoms with van der Waals surface area (Å²) in [6.07, 6.45) is 1.59. The van der Waals surface area contributed by atoms with Crippen LogP contribution in [-0.4, -0.2) is 36.4 Å². The first-order valence-electron chi connectivity index (χ1n) is 6.90. The van der Waals surface area contributed by atoms with Crippen LogP contribution in [0, 0.1) is 5.92 Å². The molecule has 1 unspecified atom stereocenters. The molecule has 116 valence electrons. The molecule has 1 fully saturated rings. The summed E-state index contributed by atoms with van der Waals surface area (Å²) >= 11 is 0. The van der Waals surface area contributed by atoms with E-state index in [2.05, 4.69) is 0 Å². The number of rotatable bonds is 4. The predicted octanol–water partition coefficient (Wildman–Crippen LogP) is 1.78. The van der Waals surface area contributed by atoms with Crippen molar-refractivity contribution < 1.29 is 18.3 Å². The quantitative estimate of drug-likeness (QED) is 0.825. The van der Waals surface area contributed by atoms with Crippen LogP contribution in [0.2, 0.25) is 0 Å². The van der Waals surface area contributed by atoms with Gasteiger partial charge in [0.1, 0.15) is 0 Å². The fourth-order valence-electron chi connectivity index (χ4n) is 2.80. The summed E-state index contributed by atoms with van der Waals surface area (Å²) in [6.45, 7) is 4.37. The van der Waals surface area contributed by atoms with Gasteiger partial charge in [0, 0.05) is 18.3 Å². The number of hydrogen-bond acceptors (Lipinski definition) is 4. The Kier molecular flexibility index (Phi) is 4.25. The molecule has 1 aromatic rings. The minimum absolute atomic E-state index is 0.0887. The van der Waals surface area contributed by atoms with Crippen LogP contribution in [0.15, 0.2) is 23.1 Å². The number of aromatic carboxylic acids is 1. The molecule has 1 saturated heterocycles. The van der Waals surface area contributed by atoms with E-state index in [1.807, 2.05) is 13.8 Å². The normalized spacial score (nSPS) is 20.0. The number of nitrogen functional groups attached to an aromatic ring is 1. The zero-order valence-corrected chi connectivity index (χ0v) is 12.9. The van der Waals surface area contributed by atoms with Crippen LogP contribution >= 0.6 is 0 Å². The van der Waals surface area contributed by atoms with Crippen molar-refractivity contribution in [1.29, 1.82) is 0 Å². The number of hydrogen-bond donors (Lipinski definition) is 2. The highest BCUT2D eigenvalue weighted by Gasteiger charge is 2.38. The molecular formula is C14H20N2O4S. The molecule has 1 aliphatic rings. The Morgan fingerprint density at radius 3 is 2.67 bits per heavy atom. The summed E-state index contributed by atoms with van der Waals surface area (Å²) in [6, 6.07) is 3.80. The van der Waals surface area contributed by atoms with Crippen molar-refractivity contribution in [2.75, 3.05) is 12.3 Å². The van der Waals surface area contributed by atoms with E-state index in [4.69, 9.17) is 5.73 Å².